The normalized spacial score (nSPS) is 16.4. The van der Waals surface area contributed by atoms with Crippen molar-refractivity contribution in [2.45, 2.75) is 0 Å². The number of nitrogens with zero attached hydrogens (tertiary/aromatic N) is 3. The van der Waals surface area contributed by atoms with E-state index in [1.165, 1.54) is 12.5 Å². The molecule has 6 heteroatoms. The fourth-order valence-corrected chi connectivity index (χ4v) is 1.54. The second kappa shape index (κ2) is 4.22. The van der Waals surface area contributed by atoms with Crippen molar-refractivity contribution in [3.63, 3.8) is 0 Å². The minimum atomic E-state index is -0.114. The molecule has 0 aromatic carbocycles. The molecule has 15 heavy (non-hydrogen) atoms. The first kappa shape index (κ1) is 9.85. The van der Waals surface area contributed by atoms with E-state index in [-0.39, 0.29) is 5.91 Å². The molecule has 0 bridgehead atoms. The van der Waals surface area contributed by atoms with Crippen LogP contribution in [-0.4, -0.2) is 47.0 Å². The molecule has 1 aromatic heterocycles. The summed E-state index contributed by atoms with van der Waals surface area (Å²) in [5, 5.41) is 3.18. The van der Waals surface area contributed by atoms with Crippen molar-refractivity contribution in [1.29, 1.82) is 0 Å². The van der Waals surface area contributed by atoms with Gasteiger partial charge in [-0.1, -0.05) is 0 Å². The summed E-state index contributed by atoms with van der Waals surface area (Å²) in [4.78, 5) is 21.4. The quantitative estimate of drug-likeness (QED) is 0.623. The maximum atomic E-state index is 11.9. The fraction of sp³-hybridized carbons (Fsp3) is 0.444. The molecule has 1 aliphatic rings. The van der Waals surface area contributed by atoms with Crippen molar-refractivity contribution in [1.82, 2.24) is 20.2 Å². The van der Waals surface area contributed by atoms with Crippen molar-refractivity contribution in [3.8, 4) is 0 Å². The Hall–Kier alpha value is -1.69. The Balaban J connectivity index is 2.16. The molecule has 80 valence electrons. The molecule has 1 aromatic rings. The highest BCUT2D eigenvalue weighted by Crippen LogP contribution is 2.09. The first-order valence-corrected chi connectivity index (χ1v) is 4.84. The maximum absolute atomic E-state index is 11.9. The van der Waals surface area contributed by atoms with Gasteiger partial charge in [-0.15, -0.1) is 0 Å². The number of nitrogens with two attached hydrogens (primary N) is 1. The number of carbonyl (C=O) groups excluding carboxylic acids is 1. The highest BCUT2D eigenvalue weighted by atomic mass is 16.2. The van der Waals surface area contributed by atoms with E-state index in [0.717, 1.165) is 13.1 Å². The second-order valence-electron chi connectivity index (χ2n) is 3.37. The van der Waals surface area contributed by atoms with Gasteiger partial charge in [0.2, 0.25) is 0 Å². The summed E-state index contributed by atoms with van der Waals surface area (Å²) in [6.45, 7) is 3.03. The SMILES string of the molecule is Nc1cncnc1C(=O)N1CCNCC1. The third-order valence-electron chi connectivity index (χ3n) is 2.35. The molecule has 1 fully saturated rings. The van der Waals surface area contributed by atoms with Crippen molar-refractivity contribution in [2.75, 3.05) is 31.9 Å². The Kier molecular flexibility index (Phi) is 2.77. The van der Waals surface area contributed by atoms with Crippen LogP contribution in [0.2, 0.25) is 0 Å². The molecular formula is C9H13N5O. The average molecular weight is 207 g/mol. The van der Waals surface area contributed by atoms with E-state index in [4.69, 9.17) is 5.73 Å². The Morgan fingerprint density at radius 1 is 1.47 bits per heavy atom. The van der Waals surface area contributed by atoms with Crippen LogP contribution in [0.3, 0.4) is 0 Å². The van der Waals surface area contributed by atoms with Crippen LogP contribution in [0.4, 0.5) is 5.69 Å². The monoisotopic (exact) mass is 207 g/mol. The lowest BCUT2D eigenvalue weighted by molar-refractivity contribution is 0.0731. The van der Waals surface area contributed by atoms with Crippen LogP contribution in [0.25, 0.3) is 0 Å². The number of hydrogen-bond acceptors (Lipinski definition) is 5. The second-order valence-corrected chi connectivity index (χ2v) is 3.37. The predicted molar refractivity (Wildman–Crippen MR) is 55.2 cm³/mol. The zero-order chi connectivity index (χ0) is 10.7. The number of piperazine rings is 1. The molecule has 1 aliphatic heterocycles. The first-order valence-electron chi connectivity index (χ1n) is 4.84. The van der Waals surface area contributed by atoms with Gasteiger partial charge in [-0.2, -0.15) is 0 Å². The van der Waals surface area contributed by atoms with Crippen LogP contribution in [0.1, 0.15) is 10.5 Å². The maximum Gasteiger partial charge on any atom is 0.274 e. The zero-order valence-corrected chi connectivity index (χ0v) is 8.31. The molecular weight excluding hydrogens is 194 g/mol. The van der Waals surface area contributed by atoms with Crippen LogP contribution in [0.5, 0.6) is 0 Å². The summed E-state index contributed by atoms with van der Waals surface area (Å²) in [6.07, 6.45) is 2.79. The highest BCUT2D eigenvalue weighted by molar-refractivity contribution is 5.96. The third kappa shape index (κ3) is 2.04. The number of nitrogen functional groups attached to an aromatic ring is 1. The Labute approximate surface area is 87.5 Å². The summed E-state index contributed by atoms with van der Waals surface area (Å²) >= 11 is 0. The van der Waals surface area contributed by atoms with Crippen LogP contribution in [-0.2, 0) is 0 Å². The van der Waals surface area contributed by atoms with E-state index in [0.29, 0.717) is 24.5 Å². The molecule has 0 spiro atoms. The first-order chi connectivity index (χ1) is 7.29. The van der Waals surface area contributed by atoms with E-state index in [2.05, 4.69) is 15.3 Å². The van der Waals surface area contributed by atoms with Gasteiger partial charge in [0.05, 0.1) is 11.9 Å². The van der Waals surface area contributed by atoms with Gasteiger partial charge in [0.25, 0.3) is 5.91 Å². The molecule has 0 saturated carbocycles. The van der Waals surface area contributed by atoms with E-state index in [1.54, 1.807) is 4.90 Å². The number of rotatable bonds is 1. The number of amides is 1. The van der Waals surface area contributed by atoms with Crippen molar-refractivity contribution in [2.24, 2.45) is 0 Å². The number of nitrogens with one attached hydrogen (secondary N) is 1. The van der Waals surface area contributed by atoms with Gasteiger partial charge in [0, 0.05) is 26.2 Å². The molecule has 0 aliphatic carbocycles. The standard InChI is InChI=1S/C9H13N5O/c10-7-5-12-6-13-8(7)9(15)14-3-1-11-2-4-14/h5-6,11H,1-4,10H2. The molecule has 6 nitrogen and oxygen atoms in total. The van der Waals surface area contributed by atoms with Gasteiger partial charge >= 0.3 is 0 Å². The topological polar surface area (TPSA) is 84.1 Å². The summed E-state index contributed by atoms with van der Waals surface area (Å²) in [6, 6.07) is 0. The fourth-order valence-electron chi connectivity index (χ4n) is 1.54. The Morgan fingerprint density at radius 3 is 2.87 bits per heavy atom. The smallest absolute Gasteiger partial charge is 0.274 e. The molecule has 2 heterocycles. The molecule has 1 amide bonds. The van der Waals surface area contributed by atoms with Crippen LogP contribution >= 0.6 is 0 Å². The van der Waals surface area contributed by atoms with Gasteiger partial charge in [0.1, 0.15) is 6.33 Å². The van der Waals surface area contributed by atoms with Crippen LogP contribution in [0.15, 0.2) is 12.5 Å². The van der Waals surface area contributed by atoms with Gasteiger partial charge in [-0.3, -0.25) is 4.79 Å². The van der Waals surface area contributed by atoms with Gasteiger partial charge < -0.3 is 16.0 Å². The minimum absolute atomic E-state index is 0.114. The number of hydrogen-bond donors (Lipinski definition) is 2. The predicted octanol–water partition coefficient (Wildman–Crippen LogP) is -0.896. The largest absolute Gasteiger partial charge is 0.396 e. The molecule has 0 atom stereocenters. The summed E-state index contributed by atoms with van der Waals surface area (Å²) in [5.41, 5.74) is 6.27. The van der Waals surface area contributed by atoms with Gasteiger partial charge in [0.15, 0.2) is 5.69 Å². The number of anilines is 1. The summed E-state index contributed by atoms with van der Waals surface area (Å²) < 4.78 is 0. The Morgan fingerprint density at radius 2 is 2.20 bits per heavy atom. The average Bonchev–Trinajstić information content (AvgIpc) is 2.30. The highest BCUT2D eigenvalue weighted by Gasteiger charge is 2.20. The van der Waals surface area contributed by atoms with E-state index >= 15 is 0 Å². The lowest BCUT2D eigenvalue weighted by Crippen LogP contribution is -2.46. The van der Waals surface area contributed by atoms with E-state index in [1.807, 2.05) is 0 Å². The minimum Gasteiger partial charge on any atom is -0.396 e. The molecule has 3 N–H and O–H groups in total. The lowest BCUT2D eigenvalue weighted by Gasteiger charge is -2.27. The molecule has 0 radical (unpaired) electrons. The third-order valence-corrected chi connectivity index (χ3v) is 2.35. The van der Waals surface area contributed by atoms with Gasteiger partial charge in [-0.25, -0.2) is 9.97 Å². The lowest BCUT2D eigenvalue weighted by atomic mass is 10.2. The zero-order valence-electron chi connectivity index (χ0n) is 8.31. The Bertz CT molecular complexity index is 361. The van der Waals surface area contributed by atoms with Gasteiger partial charge in [-0.05, 0) is 0 Å². The van der Waals surface area contributed by atoms with Crippen LogP contribution < -0.4 is 11.1 Å². The number of carbonyl (C=O) groups is 1. The summed E-state index contributed by atoms with van der Waals surface area (Å²) in [7, 11) is 0. The molecule has 2 rings (SSSR count). The molecule has 0 unspecified atom stereocenters. The van der Waals surface area contributed by atoms with Crippen molar-refractivity contribution < 1.29 is 4.79 Å². The van der Waals surface area contributed by atoms with E-state index in [9.17, 15) is 4.79 Å². The number of aromatic nitrogens is 2. The van der Waals surface area contributed by atoms with E-state index < -0.39 is 0 Å². The van der Waals surface area contributed by atoms with Crippen LogP contribution in [0, 0.1) is 0 Å². The van der Waals surface area contributed by atoms with Crippen molar-refractivity contribution >= 4 is 11.6 Å². The molecule has 1 saturated heterocycles. The summed E-state index contributed by atoms with van der Waals surface area (Å²) in [5.74, 6) is -0.114. The van der Waals surface area contributed by atoms with Crippen molar-refractivity contribution in [3.05, 3.63) is 18.2 Å².